The molecule has 4 N–H and O–H groups in total. The number of hydrogen-bond acceptors (Lipinski definition) is 4. The monoisotopic (exact) mass is 680 g/mol. The second-order valence-corrected chi connectivity index (χ2v) is 14.1. The number of amides is 2. The highest BCUT2D eigenvalue weighted by Gasteiger charge is 2.66. The first kappa shape index (κ1) is 31.8. The highest BCUT2D eigenvalue weighted by molar-refractivity contribution is 5.96. The molecule has 2 spiro atoms. The molecule has 3 aliphatic rings. The van der Waals surface area contributed by atoms with Crippen LogP contribution in [0, 0.1) is 0 Å². The molecule has 0 atom stereocenters. The predicted molar refractivity (Wildman–Crippen MR) is 208 cm³/mol. The summed E-state index contributed by atoms with van der Waals surface area (Å²) in [4.78, 5) is 28.7. The molecule has 2 aliphatic heterocycles. The molecule has 0 radical (unpaired) electrons. The minimum Gasteiger partial charge on any atom is -0.370 e. The molecule has 9 rings (SSSR count). The first-order valence-corrected chi connectivity index (χ1v) is 18.2. The lowest BCUT2D eigenvalue weighted by atomic mass is 9.42. The maximum absolute atomic E-state index is 12.0. The van der Waals surface area contributed by atoms with E-state index in [4.69, 9.17) is 11.5 Å². The molecule has 6 heteroatoms. The number of rotatable bonds is 8. The lowest BCUT2D eigenvalue weighted by molar-refractivity contribution is -0.118. The zero-order valence-corrected chi connectivity index (χ0v) is 29.0. The second kappa shape index (κ2) is 12.3. The van der Waals surface area contributed by atoms with Gasteiger partial charge in [-0.25, -0.2) is 0 Å². The van der Waals surface area contributed by atoms with Crippen LogP contribution < -0.4 is 21.3 Å². The lowest BCUT2D eigenvalue weighted by Gasteiger charge is -2.62. The third-order valence-corrected chi connectivity index (χ3v) is 11.5. The van der Waals surface area contributed by atoms with E-state index in [-0.39, 0.29) is 11.8 Å². The molecule has 0 aromatic heterocycles. The molecule has 256 valence electrons. The van der Waals surface area contributed by atoms with Crippen LogP contribution in [0.3, 0.4) is 0 Å². The molecular weight excluding hydrogens is 641 g/mol. The summed E-state index contributed by atoms with van der Waals surface area (Å²) in [6.07, 6.45) is 1.92. The van der Waals surface area contributed by atoms with Gasteiger partial charge < -0.3 is 21.3 Å². The number of para-hydroxylation sites is 4. The Hall–Kier alpha value is -6.14. The Balaban J connectivity index is 1.46. The van der Waals surface area contributed by atoms with E-state index in [1.54, 1.807) is 0 Å². The zero-order valence-electron chi connectivity index (χ0n) is 29.0. The average molecular weight is 681 g/mol. The van der Waals surface area contributed by atoms with Crippen molar-refractivity contribution in [2.24, 2.45) is 11.5 Å². The van der Waals surface area contributed by atoms with Gasteiger partial charge in [0.15, 0.2) is 0 Å². The van der Waals surface area contributed by atoms with Crippen molar-refractivity contribution in [3.63, 3.8) is 0 Å². The van der Waals surface area contributed by atoms with Crippen molar-refractivity contribution in [1.29, 1.82) is 0 Å². The summed E-state index contributed by atoms with van der Waals surface area (Å²) in [5.41, 5.74) is 24.1. The van der Waals surface area contributed by atoms with E-state index in [9.17, 15) is 9.59 Å². The summed E-state index contributed by atoms with van der Waals surface area (Å²) in [5, 5.41) is 0. The Bertz CT molecular complexity index is 2120. The van der Waals surface area contributed by atoms with E-state index in [1.807, 2.05) is 0 Å². The fraction of sp³-hybridized carbons (Fsp3) is 0.174. The van der Waals surface area contributed by atoms with Gasteiger partial charge in [0.05, 0.1) is 10.8 Å². The number of fused-ring (bicyclic) bond motifs is 14. The van der Waals surface area contributed by atoms with Crippen molar-refractivity contribution in [3.8, 4) is 11.1 Å². The standard InChI is InChI=1S/C46H40N4O2/c47-43(51)27-13-29-49-39-23-9-5-19-35(39)45(36-20-6-10-24-40(36)49)33-17-3-1-15-31(33)32-16-2-4-18-34(32)46(45)37-21-7-11-25-41(37)50(30-14-28-44(48)52)42-26-12-8-22-38(42)46/h1-12,15-26H,13-14,27-30H2,(H2,47,51)(H2,48,52). The number of nitrogens with zero attached hydrogens (tertiary/aromatic N) is 2. The molecule has 1 aliphatic carbocycles. The number of benzene rings is 6. The van der Waals surface area contributed by atoms with Crippen molar-refractivity contribution in [2.45, 2.75) is 36.5 Å². The van der Waals surface area contributed by atoms with Gasteiger partial charge in [0.25, 0.3) is 0 Å². The summed E-state index contributed by atoms with van der Waals surface area (Å²) >= 11 is 0. The molecule has 6 aromatic rings. The Morgan fingerprint density at radius 3 is 0.981 bits per heavy atom. The third kappa shape index (κ3) is 4.30. The van der Waals surface area contributed by atoms with Crippen molar-refractivity contribution >= 4 is 34.6 Å². The van der Waals surface area contributed by atoms with Gasteiger partial charge in [-0.3, -0.25) is 9.59 Å². The Kier molecular flexibility index (Phi) is 7.51. The van der Waals surface area contributed by atoms with E-state index in [0.29, 0.717) is 38.8 Å². The van der Waals surface area contributed by atoms with Crippen LogP contribution in [-0.4, -0.2) is 24.9 Å². The lowest BCUT2D eigenvalue weighted by Crippen LogP contribution is -2.58. The van der Waals surface area contributed by atoms with E-state index in [0.717, 1.165) is 22.7 Å². The van der Waals surface area contributed by atoms with E-state index < -0.39 is 10.8 Å². The first-order valence-electron chi connectivity index (χ1n) is 18.2. The maximum atomic E-state index is 12.0. The van der Waals surface area contributed by atoms with Crippen LogP contribution >= 0.6 is 0 Å². The van der Waals surface area contributed by atoms with E-state index in [2.05, 4.69) is 155 Å². The first-order chi connectivity index (χ1) is 25.5. The van der Waals surface area contributed by atoms with E-state index in [1.165, 1.54) is 44.5 Å². The maximum Gasteiger partial charge on any atom is 0.217 e. The average Bonchev–Trinajstić information content (AvgIpc) is 3.18. The van der Waals surface area contributed by atoms with Crippen LogP contribution in [0.15, 0.2) is 146 Å². The predicted octanol–water partition coefficient (Wildman–Crippen LogP) is 8.47. The molecule has 0 saturated heterocycles. The zero-order chi connectivity index (χ0) is 35.5. The molecular formula is C46H40N4O2. The van der Waals surface area contributed by atoms with E-state index >= 15 is 0 Å². The highest BCUT2D eigenvalue weighted by atomic mass is 16.1. The number of carbonyl (C=O) groups excluding carboxylic acids is 2. The van der Waals surface area contributed by atoms with Crippen molar-refractivity contribution in [1.82, 2.24) is 0 Å². The molecule has 0 unspecified atom stereocenters. The van der Waals surface area contributed by atoms with Gasteiger partial charge in [-0.15, -0.1) is 0 Å². The minimum absolute atomic E-state index is 0.289. The summed E-state index contributed by atoms with van der Waals surface area (Å²) in [6.45, 7) is 1.30. The van der Waals surface area contributed by atoms with Gasteiger partial charge in [-0.05, 0) is 81.6 Å². The van der Waals surface area contributed by atoms with Gasteiger partial charge in [0.2, 0.25) is 11.8 Å². The summed E-state index contributed by atoms with van der Waals surface area (Å²) < 4.78 is 0. The quantitative estimate of drug-likeness (QED) is 0.169. The van der Waals surface area contributed by atoms with Crippen LogP contribution in [0.1, 0.15) is 59.1 Å². The molecule has 0 bridgehead atoms. The van der Waals surface area contributed by atoms with Gasteiger partial charge in [0.1, 0.15) is 0 Å². The fourth-order valence-electron chi connectivity index (χ4n) is 9.84. The van der Waals surface area contributed by atoms with Gasteiger partial charge in [0, 0.05) is 48.7 Å². The van der Waals surface area contributed by atoms with Crippen molar-refractivity contribution in [3.05, 3.63) is 179 Å². The van der Waals surface area contributed by atoms with Gasteiger partial charge in [-0.2, -0.15) is 0 Å². The number of primary amides is 2. The van der Waals surface area contributed by atoms with Crippen LogP contribution in [0.5, 0.6) is 0 Å². The molecule has 0 fully saturated rings. The summed E-state index contributed by atoms with van der Waals surface area (Å²) in [7, 11) is 0. The largest absolute Gasteiger partial charge is 0.370 e. The fourth-order valence-corrected chi connectivity index (χ4v) is 9.84. The topological polar surface area (TPSA) is 92.7 Å². The highest BCUT2D eigenvalue weighted by Crippen LogP contribution is 2.72. The van der Waals surface area contributed by atoms with Crippen LogP contribution in [0.25, 0.3) is 11.1 Å². The number of hydrogen-bond donors (Lipinski definition) is 2. The number of anilines is 4. The van der Waals surface area contributed by atoms with Crippen LogP contribution in [0.4, 0.5) is 22.7 Å². The summed E-state index contributed by atoms with van der Waals surface area (Å²) in [6, 6.07) is 53.4. The van der Waals surface area contributed by atoms with Gasteiger partial charge in [-0.1, -0.05) is 121 Å². The minimum atomic E-state index is -0.739. The summed E-state index contributed by atoms with van der Waals surface area (Å²) in [5.74, 6) is -0.578. The molecule has 0 saturated carbocycles. The second-order valence-electron chi connectivity index (χ2n) is 14.1. The Morgan fingerprint density at radius 2 is 0.673 bits per heavy atom. The van der Waals surface area contributed by atoms with Gasteiger partial charge >= 0.3 is 0 Å². The molecule has 6 nitrogen and oxygen atoms in total. The van der Waals surface area contributed by atoms with Crippen LogP contribution in [0.2, 0.25) is 0 Å². The van der Waals surface area contributed by atoms with Crippen molar-refractivity contribution < 1.29 is 9.59 Å². The number of nitrogens with two attached hydrogens (primary N) is 2. The SMILES string of the molecule is NC(=O)CCCN1c2ccccc2C2(c3ccccc3-c3ccccc3C23c2ccccc2N(CCCC(N)=O)c2ccccc23)c2ccccc21. The Labute approximate surface area is 304 Å². The molecule has 6 aromatic carbocycles. The molecule has 52 heavy (non-hydrogen) atoms. The molecule has 2 heterocycles. The normalized spacial score (nSPS) is 15.2. The molecule has 2 amide bonds. The van der Waals surface area contributed by atoms with Crippen LogP contribution in [-0.2, 0) is 20.4 Å². The smallest absolute Gasteiger partial charge is 0.217 e. The van der Waals surface area contributed by atoms with Crippen molar-refractivity contribution in [2.75, 3.05) is 22.9 Å². The number of carbonyl (C=O) groups is 2. The third-order valence-electron chi connectivity index (χ3n) is 11.5. The Morgan fingerprint density at radius 1 is 0.404 bits per heavy atom.